The van der Waals surface area contributed by atoms with Crippen LogP contribution in [0.1, 0.15) is 12.0 Å². The summed E-state index contributed by atoms with van der Waals surface area (Å²) in [4.78, 5) is 13.0. The highest BCUT2D eigenvalue weighted by molar-refractivity contribution is 5.89. The van der Waals surface area contributed by atoms with E-state index in [0.717, 1.165) is 40.7 Å². The SMILES string of the molecule is COc1ccc2c(c1)c1c(c(=O)n2-c2ccccc2)CCCO1. The molecule has 1 aromatic heterocycles. The minimum Gasteiger partial charge on any atom is -0.497 e. The molecule has 0 N–H and O–H groups in total. The van der Waals surface area contributed by atoms with E-state index in [1.165, 1.54) is 0 Å². The second-order valence-corrected chi connectivity index (χ2v) is 5.62. The van der Waals surface area contributed by atoms with Crippen LogP contribution in [0.15, 0.2) is 53.3 Å². The van der Waals surface area contributed by atoms with E-state index >= 15 is 0 Å². The topological polar surface area (TPSA) is 40.5 Å². The fourth-order valence-electron chi connectivity index (χ4n) is 3.16. The summed E-state index contributed by atoms with van der Waals surface area (Å²) in [7, 11) is 1.64. The van der Waals surface area contributed by atoms with Gasteiger partial charge in [-0.25, -0.2) is 0 Å². The minimum absolute atomic E-state index is 0.00330. The highest BCUT2D eigenvalue weighted by Gasteiger charge is 2.21. The van der Waals surface area contributed by atoms with Gasteiger partial charge in [0.2, 0.25) is 0 Å². The van der Waals surface area contributed by atoms with Crippen molar-refractivity contribution < 1.29 is 9.47 Å². The first-order valence-corrected chi connectivity index (χ1v) is 7.73. The van der Waals surface area contributed by atoms with Crippen molar-refractivity contribution in [2.45, 2.75) is 12.8 Å². The quantitative estimate of drug-likeness (QED) is 0.729. The zero-order valence-electron chi connectivity index (χ0n) is 12.9. The number of fused-ring (bicyclic) bond motifs is 3. The molecule has 0 atom stereocenters. The molecular weight excluding hydrogens is 290 g/mol. The first-order chi connectivity index (χ1) is 11.3. The maximum atomic E-state index is 13.0. The molecule has 0 spiro atoms. The molecule has 4 heteroatoms. The van der Waals surface area contributed by atoms with Gasteiger partial charge in [0.25, 0.3) is 5.56 Å². The summed E-state index contributed by atoms with van der Waals surface area (Å²) < 4.78 is 13.0. The molecule has 4 nitrogen and oxygen atoms in total. The summed E-state index contributed by atoms with van der Waals surface area (Å²) in [6.45, 7) is 0.647. The molecule has 1 aliphatic heterocycles. The van der Waals surface area contributed by atoms with Gasteiger partial charge in [-0.3, -0.25) is 9.36 Å². The van der Waals surface area contributed by atoms with Crippen molar-refractivity contribution in [2.24, 2.45) is 0 Å². The van der Waals surface area contributed by atoms with Crippen LogP contribution in [0.25, 0.3) is 16.6 Å². The Morgan fingerprint density at radius 3 is 2.74 bits per heavy atom. The van der Waals surface area contributed by atoms with Gasteiger partial charge in [-0.05, 0) is 43.2 Å². The van der Waals surface area contributed by atoms with E-state index in [1.54, 1.807) is 11.7 Å². The van der Waals surface area contributed by atoms with E-state index in [0.29, 0.717) is 12.4 Å². The lowest BCUT2D eigenvalue weighted by molar-refractivity contribution is 0.290. The predicted molar refractivity (Wildman–Crippen MR) is 89.9 cm³/mol. The van der Waals surface area contributed by atoms with Crippen LogP contribution in [0.2, 0.25) is 0 Å². The maximum absolute atomic E-state index is 13.0. The number of hydrogen-bond acceptors (Lipinski definition) is 3. The number of nitrogens with zero attached hydrogens (tertiary/aromatic N) is 1. The van der Waals surface area contributed by atoms with Crippen LogP contribution in [-0.4, -0.2) is 18.3 Å². The van der Waals surface area contributed by atoms with E-state index in [9.17, 15) is 4.79 Å². The normalized spacial score (nSPS) is 13.4. The van der Waals surface area contributed by atoms with Crippen molar-refractivity contribution >= 4 is 10.9 Å². The number of hydrogen-bond donors (Lipinski definition) is 0. The molecule has 23 heavy (non-hydrogen) atoms. The van der Waals surface area contributed by atoms with E-state index in [4.69, 9.17) is 9.47 Å². The maximum Gasteiger partial charge on any atom is 0.262 e. The third-order valence-electron chi connectivity index (χ3n) is 4.26. The van der Waals surface area contributed by atoms with Crippen LogP contribution < -0.4 is 15.0 Å². The zero-order valence-corrected chi connectivity index (χ0v) is 12.9. The number of methoxy groups -OCH3 is 1. The Bertz CT molecular complexity index is 929. The zero-order chi connectivity index (χ0) is 15.8. The van der Waals surface area contributed by atoms with E-state index in [2.05, 4.69) is 0 Å². The van der Waals surface area contributed by atoms with Gasteiger partial charge in [0, 0.05) is 11.1 Å². The molecule has 0 bridgehead atoms. The van der Waals surface area contributed by atoms with Gasteiger partial charge in [-0.1, -0.05) is 18.2 Å². The molecule has 0 saturated carbocycles. The van der Waals surface area contributed by atoms with Crippen LogP contribution in [0.4, 0.5) is 0 Å². The summed E-state index contributed by atoms with van der Waals surface area (Å²) >= 11 is 0. The molecule has 1 aliphatic rings. The molecule has 116 valence electrons. The predicted octanol–water partition coefficient (Wildman–Crippen LogP) is 3.32. The number of benzene rings is 2. The molecule has 0 aliphatic carbocycles. The Morgan fingerprint density at radius 1 is 1.13 bits per heavy atom. The molecule has 0 radical (unpaired) electrons. The number of pyridine rings is 1. The molecule has 0 unspecified atom stereocenters. The van der Waals surface area contributed by atoms with Crippen LogP contribution in [-0.2, 0) is 6.42 Å². The Kier molecular flexibility index (Phi) is 3.30. The summed E-state index contributed by atoms with van der Waals surface area (Å²) in [6.07, 6.45) is 1.61. The van der Waals surface area contributed by atoms with E-state index < -0.39 is 0 Å². The second-order valence-electron chi connectivity index (χ2n) is 5.62. The lowest BCUT2D eigenvalue weighted by Crippen LogP contribution is -2.26. The van der Waals surface area contributed by atoms with Crippen molar-refractivity contribution in [3.05, 3.63) is 64.4 Å². The average Bonchev–Trinajstić information content (AvgIpc) is 2.63. The molecular formula is C19H17NO3. The highest BCUT2D eigenvalue weighted by atomic mass is 16.5. The van der Waals surface area contributed by atoms with Gasteiger partial charge in [0.1, 0.15) is 11.5 Å². The van der Waals surface area contributed by atoms with Crippen molar-refractivity contribution in [3.63, 3.8) is 0 Å². The van der Waals surface area contributed by atoms with Crippen molar-refractivity contribution in [2.75, 3.05) is 13.7 Å². The minimum atomic E-state index is 0.00330. The van der Waals surface area contributed by atoms with Gasteiger partial charge in [0.15, 0.2) is 0 Å². The standard InChI is InChI=1S/C19H17NO3/c1-22-14-9-10-17-16(12-14)18-15(8-5-11-23-18)19(21)20(17)13-6-3-2-4-7-13/h2-4,6-7,9-10,12H,5,8,11H2,1H3. The highest BCUT2D eigenvalue weighted by Crippen LogP contribution is 2.34. The Hall–Kier alpha value is -2.75. The first-order valence-electron chi connectivity index (χ1n) is 7.73. The molecule has 4 rings (SSSR count). The smallest absolute Gasteiger partial charge is 0.262 e. The van der Waals surface area contributed by atoms with Crippen LogP contribution in [0.5, 0.6) is 11.5 Å². The summed E-state index contributed by atoms with van der Waals surface area (Å²) in [5, 5.41) is 0.919. The summed E-state index contributed by atoms with van der Waals surface area (Å²) in [5.41, 5.74) is 2.45. The van der Waals surface area contributed by atoms with Crippen LogP contribution >= 0.6 is 0 Å². The molecule has 2 heterocycles. The van der Waals surface area contributed by atoms with Gasteiger partial charge in [0.05, 0.1) is 24.8 Å². The van der Waals surface area contributed by atoms with Crippen molar-refractivity contribution in [3.8, 4) is 17.2 Å². The van der Waals surface area contributed by atoms with Gasteiger partial charge in [-0.2, -0.15) is 0 Å². The Morgan fingerprint density at radius 2 is 1.96 bits per heavy atom. The molecule has 2 aromatic carbocycles. The fourth-order valence-corrected chi connectivity index (χ4v) is 3.16. The lowest BCUT2D eigenvalue weighted by Gasteiger charge is -2.22. The number of ether oxygens (including phenoxy) is 2. The number of rotatable bonds is 2. The van der Waals surface area contributed by atoms with Crippen LogP contribution in [0.3, 0.4) is 0 Å². The fraction of sp³-hybridized carbons (Fsp3) is 0.211. The summed E-state index contributed by atoms with van der Waals surface area (Å²) in [6, 6.07) is 15.4. The third kappa shape index (κ3) is 2.18. The van der Waals surface area contributed by atoms with Crippen molar-refractivity contribution in [1.82, 2.24) is 4.57 Å². The van der Waals surface area contributed by atoms with E-state index in [-0.39, 0.29) is 5.56 Å². The van der Waals surface area contributed by atoms with Gasteiger partial charge >= 0.3 is 0 Å². The molecule has 0 amide bonds. The van der Waals surface area contributed by atoms with Crippen LogP contribution in [0, 0.1) is 0 Å². The van der Waals surface area contributed by atoms with Gasteiger partial charge < -0.3 is 9.47 Å². The number of aromatic nitrogens is 1. The Labute approximate surface area is 133 Å². The van der Waals surface area contributed by atoms with E-state index in [1.807, 2.05) is 48.5 Å². The van der Waals surface area contributed by atoms with Crippen molar-refractivity contribution in [1.29, 1.82) is 0 Å². The first kappa shape index (κ1) is 13.9. The van der Waals surface area contributed by atoms with Gasteiger partial charge in [-0.15, -0.1) is 0 Å². The largest absolute Gasteiger partial charge is 0.497 e. The number of para-hydroxylation sites is 1. The second kappa shape index (κ2) is 5.47. The molecule has 3 aromatic rings. The summed E-state index contributed by atoms with van der Waals surface area (Å²) in [5.74, 6) is 1.47. The molecule has 0 saturated heterocycles. The lowest BCUT2D eigenvalue weighted by atomic mass is 10.0. The average molecular weight is 307 g/mol. The monoisotopic (exact) mass is 307 g/mol. The molecule has 0 fully saturated rings. The Balaban J connectivity index is 2.14. The third-order valence-corrected chi connectivity index (χ3v) is 4.26.